The number of anilines is 1. The van der Waals surface area contributed by atoms with Crippen molar-refractivity contribution >= 4 is 5.69 Å². The van der Waals surface area contributed by atoms with Crippen LogP contribution in [0.2, 0.25) is 0 Å². The Bertz CT molecular complexity index is 369. The highest BCUT2D eigenvalue weighted by molar-refractivity contribution is 5.48. The van der Waals surface area contributed by atoms with Crippen molar-refractivity contribution in [2.45, 2.75) is 46.7 Å². The molecule has 1 aromatic rings. The molecule has 0 unspecified atom stereocenters. The second-order valence-corrected chi connectivity index (χ2v) is 5.12. The van der Waals surface area contributed by atoms with Crippen LogP contribution in [0.5, 0.6) is 5.88 Å². The number of nitrogen functional groups attached to an aromatic ring is 1. The van der Waals surface area contributed by atoms with E-state index in [1.807, 2.05) is 19.1 Å². The Morgan fingerprint density at radius 3 is 2.39 bits per heavy atom. The van der Waals surface area contributed by atoms with E-state index in [1.54, 1.807) is 0 Å². The molecule has 1 rings (SSSR count). The van der Waals surface area contributed by atoms with E-state index in [4.69, 9.17) is 10.5 Å². The lowest BCUT2D eigenvalue weighted by Crippen LogP contribution is -2.39. The molecule has 2 N–H and O–H groups in total. The largest absolute Gasteiger partial charge is 0.475 e. The summed E-state index contributed by atoms with van der Waals surface area (Å²) in [6.45, 7) is 12.2. The molecule has 0 saturated heterocycles. The van der Waals surface area contributed by atoms with E-state index in [9.17, 15) is 0 Å². The summed E-state index contributed by atoms with van der Waals surface area (Å²) >= 11 is 0. The van der Waals surface area contributed by atoms with E-state index in [-0.39, 0.29) is 0 Å². The molecular weight excluding hydrogens is 226 g/mol. The summed E-state index contributed by atoms with van der Waals surface area (Å²) in [6, 6.07) is 4.74. The van der Waals surface area contributed by atoms with Gasteiger partial charge in [0, 0.05) is 24.3 Å². The van der Waals surface area contributed by atoms with Gasteiger partial charge in [0.1, 0.15) is 6.61 Å². The zero-order chi connectivity index (χ0) is 13.7. The molecule has 0 atom stereocenters. The molecular formula is C14H25N3O. The van der Waals surface area contributed by atoms with Gasteiger partial charge in [0.15, 0.2) is 0 Å². The fourth-order valence-electron chi connectivity index (χ4n) is 2.02. The standard InChI is InChI=1S/C14H25N3O/c1-10(2)17(11(3)4)8-9-18-14-13(15)7-6-12(5)16-14/h6-7,10-11H,8-9,15H2,1-5H3. The van der Waals surface area contributed by atoms with Crippen LogP contribution in [0.15, 0.2) is 12.1 Å². The number of nitrogens with two attached hydrogens (primary N) is 1. The molecule has 0 aliphatic carbocycles. The second kappa shape index (κ2) is 6.59. The maximum absolute atomic E-state index is 5.82. The lowest BCUT2D eigenvalue weighted by molar-refractivity contribution is 0.140. The quantitative estimate of drug-likeness (QED) is 0.844. The van der Waals surface area contributed by atoms with Crippen molar-refractivity contribution in [2.24, 2.45) is 0 Å². The third-order valence-electron chi connectivity index (χ3n) is 2.94. The summed E-state index contributed by atoms with van der Waals surface area (Å²) in [6.07, 6.45) is 0. The average molecular weight is 251 g/mol. The lowest BCUT2D eigenvalue weighted by Gasteiger charge is -2.30. The Kier molecular flexibility index (Phi) is 5.41. The molecule has 4 nitrogen and oxygen atoms in total. The SMILES string of the molecule is Cc1ccc(N)c(OCCN(C(C)C)C(C)C)n1. The summed E-state index contributed by atoms with van der Waals surface area (Å²) in [7, 11) is 0. The zero-order valence-electron chi connectivity index (χ0n) is 12.1. The third-order valence-corrected chi connectivity index (χ3v) is 2.94. The van der Waals surface area contributed by atoms with Crippen LogP contribution < -0.4 is 10.5 Å². The predicted octanol–water partition coefficient (Wildman–Crippen LogP) is 2.47. The molecule has 18 heavy (non-hydrogen) atoms. The Hall–Kier alpha value is -1.29. The number of ether oxygens (including phenoxy) is 1. The van der Waals surface area contributed by atoms with Crippen LogP contribution in [0.3, 0.4) is 0 Å². The number of pyridine rings is 1. The van der Waals surface area contributed by atoms with Gasteiger partial charge in [0.2, 0.25) is 5.88 Å². The van der Waals surface area contributed by atoms with Crippen LogP contribution in [0, 0.1) is 6.92 Å². The van der Waals surface area contributed by atoms with Crippen molar-refractivity contribution in [1.82, 2.24) is 9.88 Å². The third kappa shape index (κ3) is 4.18. The molecule has 1 aromatic heterocycles. The first-order valence-corrected chi connectivity index (χ1v) is 6.53. The van der Waals surface area contributed by atoms with E-state index in [0.29, 0.717) is 30.3 Å². The molecule has 0 saturated carbocycles. The van der Waals surface area contributed by atoms with Crippen molar-refractivity contribution in [3.63, 3.8) is 0 Å². The fourth-order valence-corrected chi connectivity index (χ4v) is 2.02. The van der Waals surface area contributed by atoms with Crippen LogP contribution in [0.4, 0.5) is 5.69 Å². The van der Waals surface area contributed by atoms with Gasteiger partial charge >= 0.3 is 0 Å². The number of nitrogens with zero attached hydrogens (tertiary/aromatic N) is 2. The van der Waals surface area contributed by atoms with Gasteiger partial charge in [-0.3, -0.25) is 4.90 Å². The zero-order valence-corrected chi connectivity index (χ0v) is 12.1. The number of aromatic nitrogens is 1. The monoisotopic (exact) mass is 251 g/mol. The first-order chi connectivity index (χ1) is 8.41. The highest BCUT2D eigenvalue weighted by Gasteiger charge is 2.13. The lowest BCUT2D eigenvalue weighted by atomic mass is 10.2. The molecule has 0 aliphatic rings. The van der Waals surface area contributed by atoms with Crippen molar-refractivity contribution in [1.29, 1.82) is 0 Å². The molecule has 0 spiro atoms. The molecule has 1 heterocycles. The van der Waals surface area contributed by atoms with Crippen LogP contribution in [-0.2, 0) is 0 Å². The summed E-state index contributed by atoms with van der Waals surface area (Å²) in [5.74, 6) is 0.544. The number of hydrogen-bond acceptors (Lipinski definition) is 4. The first kappa shape index (κ1) is 14.8. The molecule has 102 valence electrons. The molecule has 0 aromatic carbocycles. The normalized spacial score (nSPS) is 11.6. The summed E-state index contributed by atoms with van der Waals surface area (Å²) in [5.41, 5.74) is 7.34. The first-order valence-electron chi connectivity index (χ1n) is 6.53. The fraction of sp³-hybridized carbons (Fsp3) is 0.643. The van der Waals surface area contributed by atoms with Crippen LogP contribution in [0.1, 0.15) is 33.4 Å². The minimum Gasteiger partial charge on any atom is -0.475 e. The minimum absolute atomic E-state index is 0.511. The van der Waals surface area contributed by atoms with Crippen LogP contribution in [0.25, 0.3) is 0 Å². The van der Waals surface area contributed by atoms with Gasteiger partial charge < -0.3 is 10.5 Å². The molecule has 0 bridgehead atoms. The van der Waals surface area contributed by atoms with Crippen LogP contribution >= 0.6 is 0 Å². The van der Waals surface area contributed by atoms with Crippen LogP contribution in [-0.4, -0.2) is 35.1 Å². The Morgan fingerprint density at radius 2 is 1.83 bits per heavy atom. The number of rotatable bonds is 6. The summed E-state index contributed by atoms with van der Waals surface area (Å²) in [5, 5.41) is 0. The van der Waals surface area contributed by atoms with E-state index in [2.05, 4.69) is 37.6 Å². The van der Waals surface area contributed by atoms with Gasteiger partial charge in [-0.15, -0.1) is 0 Å². The van der Waals surface area contributed by atoms with Crippen molar-refractivity contribution in [3.8, 4) is 5.88 Å². The molecule has 0 aliphatic heterocycles. The van der Waals surface area contributed by atoms with Gasteiger partial charge in [-0.05, 0) is 46.8 Å². The van der Waals surface area contributed by atoms with Gasteiger partial charge in [0.05, 0.1) is 5.69 Å². The molecule has 0 radical (unpaired) electrons. The van der Waals surface area contributed by atoms with E-state index in [1.165, 1.54) is 0 Å². The van der Waals surface area contributed by atoms with Gasteiger partial charge in [0.25, 0.3) is 0 Å². The van der Waals surface area contributed by atoms with E-state index < -0.39 is 0 Å². The number of aryl methyl sites for hydroxylation is 1. The van der Waals surface area contributed by atoms with Crippen molar-refractivity contribution < 1.29 is 4.74 Å². The maximum Gasteiger partial charge on any atom is 0.237 e. The van der Waals surface area contributed by atoms with E-state index >= 15 is 0 Å². The van der Waals surface area contributed by atoms with Gasteiger partial charge in [-0.2, -0.15) is 0 Å². The molecule has 0 amide bonds. The Labute approximate surface area is 110 Å². The highest BCUT2D eigenvalue weighted by atomic mass is 16.5. The average Bonchev–Trinajstić information content (AvgIpc) is 2.27. The Morgan fingerprint density at radius 1 is 1.22 bits per heavy atom. The molecule has 0 fully saturated rings. The number of hydrogen-bond donors (Lipinski definition) is 1. The Balaban J connectivity index is 2.52. The predicted molar refractivity (Wildman–Crippen MR) is 75.9 cm³/mol. The minimum atomic E-state index is 0.511. The summed E-state index contributed by atoms with van der Waals surface area (Å²) in [4.78, 5) is 6.67. The van der Waals surface area contributed by atoms with Crippen molar-refractivity contribution in [2.75, 3.05) is 18.9 Å². The van der Waals surface area contributed by atoms with Gasteiger partial charge in [-0.1, -0.05) is 0 Å². The summed E-state index contributed by atoms with van der Waals surface area (Å²) < 4.78 is 5.67. The highest BCUT2D eigenvalue weighted by Crippen LogP contribution is 2.18. The smallest absolute Gasteiger partial charge is 0.237 e. The van der Waals surface area contributed by atoms with E-state index in [0.717, 1.165) is 12.2 Å². The second-order valence-electron chi connectivity index (χ2n) is 5.12. The maximum atomic E-state index is 5.82. The van der Waals surface area contributed by atoms with Gasteiger partial charge in [-0.25, -0.2) is 4.98 Å². The molecule has 4 heteroatoms. The topological polar surface area (TPSA) is 51.4 Å². The van der Waals surface area contributed by atoms with Crippen molar-refractivity contribution in [3.05, 3.63) is 17.8 Å².